The number of nitrogens with one attached hydrogen (secondary N) is 2. The lowest BCUT2D eigenvalue weighted by Crippen LogP contribution is -3.13. The number of carbonyl (C=O) groups is 1. The summed E-state index contributed by atoms with van der Waals surface area (Å²) < 4.78 is 14.0. The number of piperazine rings is 1. The SMILES string of the molecule is Cc1[nH]c(C(=O)N2CC[NH+](Cc3c(F)cccc3Cl)CC2)c(C)c1[C@@H](C)O. The van der Waals surface area contributed by atoms with E-state index in [1.165, 1.54) is 11.0 Å². The van der Waals surface area contributed by atoms with Crippen molar-refractivity contribution in [1.82, 2.24) is 9.88 Å². The van der Waals surface area contributed by atoms with E-state index in [-0.39, 0.29) is 11.7 Å². The van der Waals surface area contributed by atoms with Gasteiger partial charge in [-0.15, -0.1) is 0 Å². The van der Waals surface area contributed by atoms with Crippen LogP contribution in [0.2, 0.25) is 5.02 Å². The molecule has 3 rings (SSSR count). The number of aliphatic hydroxyl groups is 1. The van der Waals surface area contributed by atoms with Crippen molar-refractivity contribution in [3.05, 3.63) is 57.1 Å². The summed E-state index contributed by atoms with van der Waals surface area (Å²) in [6.07, 6.45) is -0.616. The first kappa shape index (κ1) is 19.9. The molecule has 0 unspecified atom stereocenters. The number of aryl methyl sites for hydroxylation is 1. The Kier molecular flexibility index (Phi) is 5.89. The van der Waals surface area contributed by atoms with Crippen molar-refractivity contribution in [3.63, 3.8) is 0 Å². The van der Waals surface area contributed by atoms with Crippen LogP contribution in [0.15, 0.2) is 18.2 Å². The van der Waals surface area contributed by atoms with E-state index >= 15 is 0 Å². The highest BCUT2D eigenvalue weighted by atomic mass is 35.5. The van der Waals surface area contributed by atoms with Gasteiger partial charge in [-0.1, -0.05) is 17.7 Å². The van der Waals surface area contributed by atoms with Crippen LogP contribution in [0.4, 0.5) is 4.39 Å². The van der Waals surface area contributed by atoms with Crippen molar-refractivity contribution in [2.75, 3.05) is 26.2 Å². The Morgan fingerprint density at radius 2 is 2.04 bits per heavy atom. The minimum Gasteiger partial charge on any atom is -0.389 e. The lowest BCUT2D eigenvalue weighted by molar-refractivity contribution is -0.917. The molecule has 0 aliphatic carbocycles. The fourth-order valence-corrected chi connectivity index (χ4v) is 4.15. The number of aromatic amines is 1. The third-order valence-electron chi connectivity index (χ3n) is 5.37. The number of hydrogen-bond donors (Lipinski definition) is 3. The zero-order valence-electron chi connectivity index (χ0n) is 15.9. The van der Waals surface area contributed by atoms with Crippen molar-refractivity contribution < 1.29 is 19.2 Å². The number of aliphatic hydroxyl groups excluding tert-OH is 1. The zero-order valence-corrected chi connectivity index (χ0v) is 16.7. The van der Waals surface area contributed by atoms with E-state index in [0.717, 1.165) is 29.9 Å². The van der Waals surface area contributed by atoms with Gasteiger partial charge in [0.05, 0.1) is 42.9 Å². The lowest BCUT2D eigenvalue weighted by Gasteiger charge is -2.32. The topological polar surface area (TPSA) is 60.8 Å². The number of benzene rings is 1. The van der Waals surface area contributed by atoms with E-state index in [1.54, 1.807) is 19.1 Å². The normalized spacial score (nSPS) is 16.6. The van der Waals surface area contributed by atoms with Crippen molar-refractivity contribution >= 4 is 17.5 Å². The van der Waals surface area contributed by atoms with Crippen LogP contribution in [-0.4, -0.2) is 47.1 Å². The highest BCUT2D eigenvalue weighted by Crippen LogP contribution is 2.25. The summed E-state index contributed by atoms with van der Waals surface area (Å²) in [5.41, 5.74) is 3.50. The molecule has 2 heterocycles. The van der Waals surface area contributed by atoms with Crippen LogP contribution in [0.1, 0.15) is 45.9 Å². The smallest absolute Gasteiger partial charge is 0.270 e. The van der Waals surface area contributed by atoms with Crippen LogP contribution in [0.5, 0.6) is 0 Å². The highest BCUT2D eigenvalue weighted by molar-refractivity contribution is 6.31. The van der Waals surface area contributed by atoms with Gasteiger partial charge in [-0.05, 0) is 38.5 Å². The maximum Gasteiger partial charge on any atom is 0.270 e. The number of H-pyrrole nitrogens is 1. The van der Waals surface area contributed by atoms with Crippen LogP contribution in [0.3, 0.4) is 0 Å². The monoisotopic (exact) mass is 394 g/mol. The molecular formula is C20H26ClFN3O2+. The van der Waals surface area contributed by atoms with Crippen molar-refractivity contribution in [2.45, 2.75) is 33.4 Å². The second-order valence-electron chi connectivity index (χ2n) is 7.26. The molecule has 0 spiro atoms. The van der Waals surface area contributed by atoms with Crippen molar-refractivity contribution in [1.29, 1.82) is 0 Å². The van der Waals surface area contributed by atoms with Crippen molar-refractivity contribution in [3.8, 4) is 0 Å². The van der Waals surface area contributed by atoms with E-state index < -0.39 is 6.10 Å². The number of aromatic nitrogens is 1. The number of rotatable bonds is 4. The van der Waals surface area contributed by atoms with E-state index in [9.17, 15) is 14.3 Å². The second kappa shape index (κ2) is 8.00. The van der Waals surface area contributed by atoms with Gasteiger partial charge in [0.2, 0.25) is 0 Å². The molecule has 7 heteroatoms. The maximum absolute atomic E-state index is 14.0. The molecule has 0 bridgehead atoms. The molecule has 1 aromatic carbocycles. The molecule has 1 aliphatic rings. The number of quaternary nitrogens is 1. The molecule has 146 valence electrons. The summed E-state index contributed by atoms with van der Waals surface area (Å²) in [6, 6.07) is 4.74. The minimum atomic E-state index is -0.616. The zero-order chi connectivity index (χ0) is 19.7. The first-order chi connectivity index (χ1) is 12.8. The number of nitrogens with zero attached hydrogens (tertiary/aromatic N) is 1. The molecule has 1 aromatic heterocycles. The predicted molar refractivity (Wildman–Crippen MR) is 103 cm³/mol. The molecule has 1 saturated heterocycles. The average molecular weight is 395 g/mol. The van der Waals surface area contributed by atoms with Crippen LogP contribution in [-0.2, 0) is 6.54 Å². The van der Waals surface area contributed by atoms with E-state index in [4.69, 9.17) is 11.6 Å². The van der Waals surface area contributed by atoms with Gasteiger partial charge in [0, 0.05) is 11.3 Å². The summed E-state index contributed by atoms with van der Waals surface area (Å²) >= 11 is 6.13. The fourth-order valence-electron chi connectivity index (χ4n) is 3.92. The van der Waals surface area contributed by atoms with Gasteiger partial charge in [0.1, 0.15) is 18.1 Å². The van der Waals surface area contributed by atoms with Gasteiger partial charge in [0.15, 0.2) is 0 Å². The third-order valence-corrected chi connectivity index (χ3v) is 5.73. The highest BCUT2D eigenvalue weighted by Gasteiger charge is 2.29. The Balaban J connectivity index is 1.66. The van der Waals surface area contributed by atoms with Gasteiger partial charge >= 0.3 is 0 Å². The molecule has 5 nitrogen and oxygen atoms in total. The second-order valence-corrected chi connectivity index (χ2v) is 7.67. The van der Waals surface area contributed by atoms with Crippen LogP contribution < -0.4 is 4.90 Å². The quantitative estimate of drug-likeness (QED) is 0.743. The van der Waals surface area contributed by atoms with Gasteiger partial charge in [-0.3, -0.25) is 4.79 Å². The van der Waals surface area contributed by atoms with E-state index in [2.05, 4.69) is 4.98 Å². The summed E-state index contributed by atoms with van der Waals surface area (Å²) in [4.78, 5) is 19.1. The standard InChI is InChI=1S/C20H25ClFN3O2/c1-12-18(14(3)26)13(2)23-19(12)20(27)25-9-7-24(8-10-25)11-15-16(21)5-4-6-17(15)22/h4-6,14,23,26H,7-11H2,1-3H3/p+1/t14-/m1/s1. The summed E-state index contributed by atoms with van der Waals surface area (Å²) in [7, 11) is 0. The summed E-state index contributed by atoms with van der Waals surface area (Å²) in [5, 5.41) is 10.4. The number of hydrogen-bond acceptors (Lipinski definition) is 2. The average Bonchev–Trinajstić information content (AvgIpc) is 2.92. The number of carbonyl (C=O) groups excluding carboxylic acids is 1. The first-order valence-corrected chi connectivity index (χ1v) is 9.60. The van der Waals surface area contributed by atoms with Crippen LogP contribution in [0, 0.1) is 19.7 Å². The molecule has 2 aromatic rings. The first-order valence-electron chi connectivity index (χ1n) is 9.22. The Hall–Kier alpha value is -1.89. The molecular weight excluding hydrogens is 369 g/mol. The third kappa shape index (κ3) is 4.03. The molecule has 1 amide bonds. The molecule has 0 radical (unpaired) electrons. The molecule has 27 heavy (non-hydrogen) atoms. The molecule has 1 aliphatic heterocycles. The van der Waals surface area contributed by atoms with Crippen molar-refractivity contribution in [2.24, 2.45) is 0 Å². The van der Waals surface area contributed by atoms with Gasteiger partial charge in [-0.25, -0.2) is 4.39 Å². The molecule has 3 N–H and O–H groups in total. The Labute approximate surface area is 163 Å². The maximum atomic E-state index is 14.0. The molecule has 0 saturated carbocycles. The van der Waals surface area contributed by atoms with Crippen LogP contribution >= 0.6 is 11.6 Å². The van der Waals surface area contributed by atoms with Gasteiger partial charge in [0.25, 0.3) is 5.91 Å². The molecule has 1 fully saturated rings. The van der Waals surface area contributed by atoms with Crippen LogP contribution in [0.25, 0.3) is 0 Å². The summed E-state index contributed by atoms with van der Waals surface area (Å²) in [5.74, 6) is -0.331. The minimum absolute atomic E-state index is 0.0505. The number of amides is 1. The largest absolute Gasteiger partial charge is 0.389 e. The van der Waals surface area contributed by atoms with E-state index in [0.29, 0.717) is 35.9 Å². The Morgan fingerprint density at radius 3 is 2.59 bits per heavy atom. The van der Waals surface area contributed by atoms with Gasteiger partial charge < -0.3 is 19.9 Å². The lowest BCUT2D eigenvalue weighted by atomic mass is 10.1. The Bertz CT molecular complexity index is 822. The van der Waals surface area contributed by atoms with Gasteiger partial charge in [-0.2, -0.15) is 0 Å². The van der Waals surface area contributed by atoms with E-state index in [1.807, 2.05) is 18.7 Å². The number of halogens is 2. The predicted octanol–water partition coefficient (Wildman–Crippen LogP) is 2.02. The molecule has 1 atom stereocenters. The fraction of sp³-hybridized carbons (Fsp3) is 0.450. The summed E-state index contributed by atoms with van der Waals surface area (Å²) in [6.45, 7) is 8.61. The Morgan fingerprint density at radius 1 is 1.37 bits per heavy atom.